The molecule has 7 heteroatoms. The quantitative estimate of drug-likeness (QED) is 0.727. The molecule has 6 nitrogen and oxygen atoms in total. The molecule has 0 aliphatic carbocycles. The van der Waals surface area contributed by atoms with Gasteiger partial charge in [-0.2, -0.15) is 0 Å². The van der Waals surface area contributed by atoms with Crippen LogP contribution in [0.1, 0.15) is 29.1 Å². The van der Waals surface area contributed by atoms with Gasteiger partial charge in [0, 0.05) is 4.88 Å². The van der Waals surface area contributed by atoms with Crippen LogP contribution in [-0.2, 0) is 16.0 Å². The number of amides is 1. The smallest absolute Gasteiger partial charge is 0.341 e. The third kappa shape index (κ3) is 5.22. The van der Waals surface area contributed by atoms with Gasteiger partial charge in [0.25, 0.3) is 5.91 Å². The number of benzene rings is 1. The lowest BCUT2D eigenvalue weighted by Crippen LogP contribution is -2.21. The van der Waals surface area contributed by atoms with Crippen molar-refractivity contribution in [1.82, 2.24) is 0 Å². The molecule has 2 rings (SSSR count). The predicted molar refractivity (Wildman–Crippen MR) is 96.8 cm³/mol. The molecule has 1 aromatic carbocycles. The van der Waals surface area contributed by atoms with Crippen molar-refractivity contribution in [3.8, 4) is 11.5 Å². The lowest BCUT2D eigenvalue weighted by molar-refractivity contribution is -0.118. The molecule has 25 heavy (non-hydrogen) atoms. The molecule has 0 atom stereocenters. The van der Waals surface area contributed by atoms with E-state index in [1.165, 1.54) is 11.3 Å². The second-order valence-corrected chi connectivity index (χ2v) is 6.18. The van der Waals surface area contributed by atoms with Gasteiger partial charge in [0.2, 0.25) is 0 Å². The zero-order chi connectivity index (χ0) is 18.2. The number of carbonyl (C=O) groups excluding carboxylic acids is 2. The van der Waals surface area contributed by atoms with Crippen molar-refractivity contribution in [1.29, 1.82) is 0 Å². The molecule has 0 spiro atoms. The van der Waals surface area contributed by atoms with Crippen LogP contribution in [0.2, 0.25) is 0 Å². The second-order valence-electron chi connectivity index (χ2n) is 5.04. The summed E-state index contributed by atoms with van der Waals surface area (Å²) in [6.07, 6.45) is 0.773. The first kappa shape index (κ1) is 18.8. The number of hydrogen-bond acceptors (Lipinski definition) is 6. The van der Waals surface area contributed by atoms with Crippen molar-refractivity contribution in [3.05, 3.63) is 40.8 Å². The number of esters is 1. The molecule has 0 unspecified atom stereocenters. The fourth-order valence-electron chi connectivity index (χ4n) is 2.05. The Bertz CT molecular complexity index is 724. The van der Waals surface area contributed by atoms with Gasteiger partial charge in [-0.05, 0) is 43.7 Å². The maximum Gasteiger partial charge on any atom is 0.341 e. The summed E-state index contributed by atoms with van der Waals surface area (Å²) in [5.74, 6) is 0.485. The molecule has 1 amide bonds. The molecule has 134 valence electrons. The van der Waals surface area contributed by atoms with Crippen LogP contribution in [0, 0.1) is 0 Å². The third-order valence-corrected chi connectivity index (χ3v) is 4.50. The minimum absolute atomic E-state index is 0.159. The molecule has 0 aliphatic heterocycles. The molecule has 0 radical (unpaired) electrons. The second kappa shape index (κ2) is 9.08. The monoisotopic (exact) mass is 363 g/mol. The van der Waals surface area contributed by atoms with E-state index in [1.807, 2.05) is 6.92 Å². The van der Waals surface area contributed by atoms with Gasteiger partial charge in [-0.15, -0.1) is 11.3 Å². The number of anilines is 1. The average molecular weight is 363 g/mol. The Morgan fingerprint density at radius 1 is 1.12 bits per heavy atom. The number of hydrogen-bond donors (Lipinski definition) is 1. The van der Waals surface area contributed by atoms with E-state index in [9.17, 15) is 9.59 Å². The Hall–Kier alpha value is -2.54. The predicted octanol–water partition coefficient (Wildman–Crippen LogP) is 3.51. The maximum absolute atomic E-state index is 12.1. The third-order valence-electron chi connectivity index (χ3n) is 3.31. The van der Waals surface area contributed by atoms with Crippen molar-refractivity contribution >= 4 is 28.2 Å². The van der Waals surface area contributed by atoms with Gasteiger partial charge in [0.15, 0.2) is 6.61 Å². The summed E-state index contributed by atoms with van der Waals surface area (Å²) in [6.45, 7) is 3.85. The van der Waals surface area contributed by atoms with Crippen molar-refractivity contribution in [2.75, 3.05) is 25.6 Å². The Balaban J connectivity index is 1.99. The summed E-state index contributed by atoms with van der Waals surface area (Å²) >= 11 is 1.36. The highest BCUT2D eigenvalue weighted by atomic mass is 32.1. The standard InChI is InChI=1S/C18H21NO5S/c1-4-14-10-15(18(21)23-5-2)17(25-14)19-16(20)11-24-13-8-6-12(22-3)7-9-13/h6-10H,4-5,11H2,1-3H3,(H,19,20). The number of thiophene rings is 1. The Morgan fingerprint density at radius 3 is 2.40 bits per heavy atom. The highest BCUT2D eigenvalue weighted by Crippen LogP contribution is 2.29. The van der Waals surface area contributed by atoms with Gasteiger partial charge >= 0.3 is 5.97 Å². The molecule has 2 aromatic rings. The summed E-state index contributed by atoms with van der Waals surface area (Å²) in [5.41, 5.74) is 0.376. The summed E-state index contributed by atoms with van der Waals surface area (Å²) < 4.78 is 15.5. The largest absolute Gasteiger partial charge is 0.497 e. The first-order chi connectivity index (χ1) is 12.1. The summed E-state index contributed by atoms with van der Waals surface area (Å²) in [5, 5.41) is 3.21. The van der Waals surface area contributed by atoms with E-state index in [2.05, 4.69) is 5.32 Å². The lowest BCUT2D eigenvalue weighted by atomic mass is 10.2. The van der Waals surface area contributed by atoms with E-state index < -0.39 is 5.97 Å². The van der Waals surface area contributed by atoms with Gasteiger partial charge in [0.1, 0.15) is 16.5 Å². The molecule has 0 aliphatic rings. The van der Waals surface area contributed by atoms with Gasteiger partial charge in [-0.25, -0.2) is 4.79 Å². The van der Waals surface area contributed by atoms with E-state index in [1.54, 1.807) is 44.4 Å². The van der Waals surface area contributed by atoms with Crippen LogP contribution >= 0.6 is 11.3 Å². The number of aryl methyl sites for hydroxylation is 1. The SMILES string of the molecule is CCOC(=O)c1cc(CC)sc1NC(=O)COc1ccc(OC)cc1. The zero-order valence-electron chi connectivity index (χ0n) is 14.5. The minimum Gasteiger partial charge on any atom is -0.497 e. The van der Waals surface area contributed by atoms with Crippen molar-refractivity contribution < 1.29 is 23.8 Å². The van der Waals surface area contributed by atoms with Crippen LogP contribution in [0.3, 0.4) is 0 Å². The highest BCUT2D eigenvalue weighted by Gasteiger charge is 2.18. The Labute approximate surface area is 150 Å². The van der Waals surface area contributed by atoms with Crippen LogP contribution in [0.15, 0.2) is 30.3 Å². The fourth-order valence-corrected chi connectivity index (χ4v) is 3.05. The number of nitrogens with one attached hydrogen (secondary N) is 1. The van der Waals surface area contributed by atoms with Crippen molar-refractivity contribution in [2.24, 2.45) is 0 Å². The molecular weight excluding hydrogens is 342 g/mol. The first-order valence-electron chi connectivity index (χ1n) is 7.93. The Morgan fingerprint density at radius 2 is 1.80 bits per heavy atom. The average Bonchev–Trinajstić information content (AvgIpc) is 3.03. The van der Waals surface area contributed by atoms with E-state index >= 15 is 0 Å². The molecular formula is C18H21NO5S. The first-order valence-corrected chi connectivity index (χ1v) is 8.75. The molecule has 1 heterocycles. The van der Waals surface area contributed by atoms with E-state index in [0.29, 0.717) is 22.1 Å². The van der Waals surface area contributed by atoms with Crippen LogP contribution in [0.25, 0.3) is 0 Å². The van der Waals surface area contributed by atoms with E-state index in [4.69, 9.17) is 14.2 Å². The summed E-state index contributed by atoms with van der Waals surface area (Å²) in [4.78, 5) is 25.1. The number of ether oxygens (including phenoxy) is 3. The molecule has 1 aromatic heterocycles. The Kier molecular flexibility index (Phi) is 6.82. The van der Waals surface area contributed by atoms with Gasteiger partial charge in [-0.3, -0.25) is 4.79 Å². The molecule has 1 N–H and O–H groups in total. The van der Waals surface area contributed by atoms with Gasteiger partial charge in [-0.1, -0.05) is 6.92 Å². The molecule has 0 bridgehead atoms. The van der Waals surface area contributed by atoms with Crippen LogP contribution in [0.4, 0.5) is 5.00 Å². The summed E-state index contributed by atoms with van der Waals surface area (Å²) in [7, 11) is 1.58. The van der Waals surface area contributed by atoms with Crippen LogP contribution in [0.5, 0.6) is 11.5 Å². The van der Waals surface area contributed by atoms with Crippen molar-refractivity contribution in [3.63, 3.8) is 0 Å². The van der Waals surface area contributed by atoms with E-state index in [-0.39, 0.29) is 19.1 Å². The molecule has 0 saturated heterocycles. The maximum atomic E-state index is 12.1. The summed E-state index contributed by atoms with van der Waals surface area (Å²) in [6, 6.07) is 8.69. The highest BCUT2D eigenvalue weighted by molar-refractivity contribution is 7.16. The number of carbonyl (C=O) groups is 2. The molecule has 0 saturated carbocycles. The zero-order valence-corrected chi connectivity index (χ0v) is 15.3. The fraction of sp³-hybridized carbons (Fsp3) is 0.333. The van der Waals surface area contributed by atoms with E-state index in [0.717, 1.165) is 11.3 Å². The topological polar surface area (TPSA) is 73.9 Å². The number of rotatable bonds is 8. The minimum atomic E-state index is -0.440. The van der Waals surface area contributed by atoms with Crippen molar-refractivity contribution in [2.45, 2.75) is 20.3 Å². The normalized spacial score (nSPS) is 10.2. The molecule has 0 fully saturated rings. The van der Waals surface area contributed by atoms with Gasteiger partial charge < -0.3 is 19.5 Å². The van der Waals surface area contributed by atoms with Crippen LogP contribution in [-0.4, -0.2) is 32.2 Å². The lowest BCUT2D eigenvalue weighted by Gasteiger charge is -2.08. The van der Waals surface area contributed by atoms with Gasteiger partial charge in [0.05, 0.1) is 19.3 Å². The van der Waals surface area contributed by atoms with Crippen LogP contribution < -0.4 is 14.8 Å². The number of methoxy groups -OCH3 is 1.